The van der Waals surface area contributed by atoms with E-state index in [0.29, 0.717) is 11.3 Å². The summed E-state index contributed by atoms with van der Waals surface area (Å²) in [5, 5.41) is 13.8. The van der Waals surface area contributed by atoms with E-state index < -0.39 is 12.1 Å². The first-order chi connectivity index (χ1) is 16.6. The van der Waals surface area contributed by atoms with Crippen LogP contribution < -0.4 is 4.74 Å². The molecule has 0 amide bonds. The highest BCUT2D eigenvalue weighted by atomic mass is 19.4. The van der Waals surface area contributed by atoms with Gasteiger partial charge in [0.05, 0.1) is 16.9 Å². The number of rotatable bonds is 4. The maximum absolute atomic E-state index is 13.0. The van der Waals surface area contributed by atoms with Gasteiger partial charge in [0.2, 0.25) is 0 Å². The number of ether oxygens (including phenoxy) is 1. The maximum Gasteiger partial charge on any atom is 0.491 e. The van der Waals surface area contributed by atoms with Gasteiger partial charge in [0.15, 0.2) is 0 Å². The Bertz CT molecular complexity index is 1420. The van der Waals surface area contributed by atoms with Gasteiger partial charge in [-0.2, -0.15) is 28.5 Å². The van der Waals surface area contributed by atoms with Crippen LogP contribution in [0.4, 0.5) is 13.2 Å². The highest BCUT2D eigenvalue weighted by molar-refractivity contribution is 5.88. The largest absolute Gasteiger partial charge is 0.491 e. The molecule has 4 aromatic rings. The molecule has 1 fully saturated rings. The molecule has 0 N–H and O–H groups in total. The topological polar surface area (TPSA) is 73.1 Å². The van der Waals surface area contributed by atoms with Crippen molar-refractivity contribution < 1.29 is 22.7 Å². The molecule has 3 heterocycles. The zero-order chi connectivity index (χ0) is 24.9. The first kappa shape index (κ1) is 23.0. The van der Waals surface area contributed by atoms with Gasteiger partial charge in [0.25, 0.3) is 0 Å². The second-order valence-corrected chi connectivity index (χ2v) is 8.89. The monoisotopic (exact) mass is 481 g/mol. The van der Waals surface area contributed by atoms with Gasteiger partial charge in [-0.15, -0.1) is 0 Å². The van der Waals surface area contributed by atoms with Crippen LogP contribution in [0.15, 0.2) is 48.7 Å². The molecule has 1 saturated heterocycles. The normalized spacial score (nSPS) is 14.8. The van der Waals surface area contributed by atoms with Gasteiger partial charge in [0.1, 0.15) is 5.75 Å². The summed E-state index contributed by atoms with van der Waals surface area (Å²) in [7, 11) is 3.83. The van der Waals surface area contributed by atoms with Gasteiger partial charge in [-0.05, 0) is 67.1 Å². The Morgan fingerprint density at radius 2 is 1.80 bits per heavy atom. The van der Waals surface area contributed by atoms with E-state index in [1.54, 1.807) is 22.9 Å². The number of aromatic nitrogens is 4. The Balaban J connectivity index is 1.55. The second kappa shape index (κ2) is 8.46. The minimum atomic E-state index is -5.13. The number of alkyl halides is 3. The average molecular weight is 481 g/mol. The second-order valence-electron chi connectivity index (χ2n) is 8.89. The summed E-state index contributed by atoms with van der Waals surface area (Å²) in [5.41, 5.74) is 4.48. The van der Waals surface area contributed by atoms with Gasteiger partial charge in [0, 0.05) is 43.2 Å². The van der Waals surface area contributed by atoms with Crippen LogP contribution in [0.1, 0.15) is 17.2 Å². The molecule has 5 rings (SSSR count). The quantitative estimate of drug-likeness (QED) is 0.316. The number of benzene rings is 2. The Kier molecular flexibility index (Phi) is 5.55. The number of esters is 1. The zero-order valence-electron chi connectivity index (χ0n) is 19.3. The van der Waals surface area contributed by atoms with Crippen LogP contribution >= 0.6 is 0 Å². The van der Waals surface area contributed by atoms with Gasteiger partial charge in [-0.3, -0.25) is 4.68 Å². The van der Waals surface area contributed by atoms with E-state index in [0.717, 1.165) is 40.8 Å². The molecule has 10 heteroatoms. The number of carbonyl (C=O) groups excluding carboxylic acids is 1. The van der Waals surface area contributed by atoms with E-state index in [-0.39, 0.29) is 17.2 Å². The van der Waals surface area contributed by atoms with Crippen LogP contribution in [0.5, 0.6) is 5.75 Å². The fourth-order valence-electron chi connectivity index (χ4n) is 4.34. The summed E-state index contributed by atoms with van der Waals surface area (Å²) in [6, 6.07) is 12.1. The first-order valence-electron chi connectivity index (χ1n) is 11.0. The Morgan fingerprint density at radius 1 is 1.03 bits per heavy atom. The molecule has 180 valence electrons. The smallest absolute Gasteiger partial charge is 0.419 e. The summed E-state index contributed by atoms with van der Waals surface area (Å²) in [4.78, 5) is 13.9. The average Bonchev–Trinajstić information content (AvgIpc) is 3.17. The maximum atomic E-state index is 13.0. The van der Waals surface area contributed by atoms with Crippen molar-refractivity contribution in [1.29, 1.82) is 0 Å². The van der Waals surface area contributed by atoms with Crippen molar-refractivity contribution in [2.75, 3.05) is 20.1 Å². The summed E-state index contributed by atoms with van der Waals surface area (Å²) in [6.45, 7) is 3.66. The molecule has 7 nitrogen and oxygen atoms in total. The predicted octanol–water partition coefficient (Wildman–Crippen LogP) is 4.50. The van der Waals surface area contributed by atoms with Crippen LogP contribution in [0, 0.1) is 6.92 Å². The molecule has 0 atom stereocenters. The molecule has 0 unspecified atom stereocenters. The summed E-state index contributed by atoms with van der Waals surface area (Å²) in [5.74, 6) is -2.26. The molecule has 0 bridgehead atoms. The SMILES string of the molecule is Cc1cc(-c2ccc(-c3ccc(C4CN(C)C4)nn3)c(OC(=O)C(F)(F)F)c2)cc2cn(C)nc12. The lowest BCUT2D eigenvalue weighted by molar-refractivity contribution is -0.189. The molecule has 0 spiro atoms. The number of hydrogen-bond acceptors (Lipinski definition) is 6. The van der Waals surface area contributed by atoms with Gasteiger partial charge in [-0.25, -0.2) is 4.79 Å². The highest BCUT2D eigenvalue weighted by Gasteiger charge is 2.42. The van der Waals surface area contributed by atoms with E-state index in [4.69, 9.17) is 4.74 Å². The van der Waals surface area contributed by atoms with Crippen molar-refractivity contribution in [1.82, 2.24) is 24.9 Å². The number of likely N-dealkylation sites (tertiary alicyclic amines) is 1. The van der Waals surface area contributed by atoms with E-state index in [9.17, 15) is 18.0 Å². The lowest BCUT2D eigenvalue weighted by atomic mass is 9.96. The fourth-order valence-corrected chi connectivity index (χ4v) is 4.34. The number of carbonyl (C=O) groups is 1. The summed E-state index contributed by atoms with van der Waals surface area (Å²) < 4.78 is 45.6. The minimum absolute atomic E-state index is 0.237. The molecule has 0 radical (unpaired) electrons. The van der Waals surface area contributed by atoms with Crippen LogP contribution in [0.3, 0.4) is 0 Å². The molecule has 0 aliphatic carbocycles. The van der Waals surface area contributed by atoms with E-state index in [1.807, 2.05) is 45.4 Å². The van der Waals surface area contributed by atoms with Crippen molar-refractivity contribution in [3.63, 3.8) is 0 Å². The number of halogens is 3. The van der Waals surface area contributed by atoms with Crippen LogP contribution in [0.2, 0.25) is 0 Å². The van der Waals surface area contributed by atoms with Crippen LogP contribution in [-0.2, 0) is 11.8 Å². The number of nitrogens with zero attached hydrogens (tertiary/aromatic N) is 5. The van der Waals surface area contributed by atoms with Gasteiger partial charge in [-0.1, -0.05) is 6.07 Å². The molecule has 2 aromatic heterocycles. The Hall–Kier alpha value is -3.79. The molecule has 2 aromatic carbocycles. The number of hydrogen-bond donors (Lipinski definition) is 0. The third-order valence-electron chi connectivity index (χ3n) is 6.11. The van der Waals surface area contributed by atoms with Crippen molar-refractivity contribution in [2.45, 2.75) is 19.0 Å². The number of fused-ring (bicyclic) bond motifs is 1. The lowest BCUT2D eigenvalue weighted by Crippen LogP contribution is -2.42. The molecule has 0 saturated carbocycles. The Labute approximate surface area is 199 Å². The molecule has 1 aliphatic rings. The van der Waals surface area contributed by atoms with Crippen molar-refractivity contribution in [2.24, 2.45) is 7.05 Å². The third-order valence-corrected chi connectivity index (χ3v) is 6.11. The van der Waals surface area contributed by atoms with Crippen LogP contribution in [0.25, 0.3) is 33.3 Å². The minimum Gasteiger partial charge on any atom is -0.419 e. The summed E-state index contributed by atoms with van der Waals surface area (Å²) >= 11 is 0. The number of aryl methyl sites for hydroxylation is 2. The van der Waals surface area contributed by atoms with Crippen molar-refractivity contribution in [3.05, 3.63) is 59.9 Å². The van der Waals surface area contributed by atoms with E-state index in [1.165, 1.54) is 6.07 Å². The number of likely N-dealkylation sites (N-methyl/N-ethyl adjacent to an activating group) is 1. The van der Waals surface area contributed by atoms with Gasteiger partial charge < -0.3 is 9.64 Å². The molecule has 1 aliphatic heterocycles. The molecular formula is C25H22F3N5O2. The lowest BCUT2D eigenvalue weighted by Gasteiger charge is -2.35. The van der Waals surface area contributed by atoms with Crippen molar-refractivity contribution >= 4 is 16.9 Å². The first-order valence-corrected chi connectivity index (χ1v) is 11.0. The standard InChI is InChI=1S/C25H22F3N5O2/c1-14-8-16(9-17-13-33(3)31-23(14)17)15-4-5-19(22(10-15)35-24(34)25(26,27)28)21-7-6-20(29-30-21)18-11-32(2)12-18/h4-10,13,18H,11-12H2,1-3H3. The molecular weight excluding hydrogens is 459 g/mol. The highest BCUT2D eigenvalue weighted by Crippen LogP contribution is 2.36. The molecule has 35 heavy (non-hydrogen) atoms. The van der Waals surface area contributed by atoms with Crippen molar-refractivity contribution in [3.8, 4) is 28.1 Å². The zero-order valence-corrected chi connectivity index (χ0v) is 19.3. The van der Waals surface area contributed by atoms with Gasteiger partial charge >= 0.3 is 12.1 Å². The Morgan fingerprint density at radius 3 is 2.46 bits per heavy atom. The van der Waals surface area contributed by atoms with E-state index in [2.05, 4.69) is 20.2 Å². The predicted molar refractivity (Wildman–Crippen MR) is 124 cm³/mol. The fraction of sp³-hybridized carbons (Fsp3) is 0.280. The van der Waals surface area contributed by atoms with Crippen LogP contribution in [-0.4, -0.2) is 57.2 Å². The summed E-state index contributed by atoms with van der Waals surface area (Å²) in [6.07, 6.45) is -3.27. The van der Waals surface area contributed by atoms with E-state index >= 15 is 0 Å². The third kappa shape index (κ3) is 4.49.